The summed E-state index contributed by atoms with van der Waals surface area (Å²) in [6.45, 7) is 6.03. The van der Waals surface area contributed by atoms with Gasteiger partial charge in [0.1, 0.15) is 0 Å². The van der Waals surface area contributed by atoms with E-state index in [-0.39, 0.29) is 34.3 Å². The summed E-state index contributed by atoms with van der Waals surface area (Å²) in [5, 5.41) is 26.7. The molecule has 0 aliphatic rings. The van der Waals surface area contributed by atoms with E-state index in [9.17, 15) is 14.4 Å². The van der Waals surface area contributed by atoms with Crippen LogP contribution in [-0.4, -0.2) is 33.0 Å². The van der Waals surface area contributed by atoms with Crippen LogP contribution >= 0.6 is 0 Å². The molecule has 0 unspecified atom stereocenters. The zero-order valence-electron chi connectivity index (χ0n) is 18.7. The molecule has 9 N–H and O–H groups in total. The van der Waals surface area contributed by atoms with Crippen molar-refractivity contribution in [3.05, 3.63) is 35.5 Å². The van der Waals surface area contributed by atoms with Crippen LogP contribution < -0.4 is 17.2 Å². The molecule has 0 atom stereocenters. The number of hydrogen-bond acceptors (Lipinski definition) is 6. The SMILES string of the molecule is CCCCC(O)=CC(N)=O.CCCCC(O)=CC(N)=O.CCCCC(O)=CC(N)=O.[Fe]. The summed E-state index contributed by atoms with van der Waals surface area (Å²) in [6.07, 6.45) is 10.4. The van der Waals surface area contributed by atoms with Crippen molar-refractivity contribution in [2.75, 3.05) is 0 Å². The van der Waals surface area contributed by atoms with E-state index < -0.39 is 17.7 Å². The van der Waals surface area contributed by atoms with Gasteiger partial charge in [0, 0.05) is 54.6 Å². The standard InChI is InChI=1S/3C7H13NO2.Fe/c3*1-2-3-4-6(9)5-7(8)10;/h3*5,9H,2-4H2,1H3,(H2,8,10);. The summed E-state index contributed by atoms with van der Waals surface area (Å²) in [5.41, 5.74) is 14.4. The molecule has 3 amide bonds. The monoisotopic (exact) mass is 485 g/mol. The number of amides is 3. The van der Waals surface area contributed by atoms with Gasteiger partial charge >= 0.3 is 0 Å². The minimum atomic E-state index is -0.589. The number of aliphatic hydroxyl groups excluding tert-OH is 3. The number of unbranched alkanes of at least 4 members (excludes halogenated alkanes) is 3. The Morgan fingerprint density at radius 1 is 0.581 bits per heavy atom. The second-order valence-electron chi connectivity index (χ2n) is 6.42. The first-order valence-electron chi connectivity index (χ1n) is 10.1. The van der Waals surface area contributed by atoms with Gasteiger partial charge in [0.2, 0.25) is 17.7 Å². The fourth-order valence-corrected chi connectivity index (χ4v) is 1.78. The Morgan fingerprint density at radius 2 is 0.774 bits per heavy atom. The fourth-order valence-electron chi connectivity index (χ4n) is 1.78. The fraction of sp³-hybridized carbons (Fsp3) is 0.571. The van der Waals surface area contributed by atoms with Gasteiger partial charge in [0.15, 0.2) is 0 Å². The number of nitrogens with two attached hydrogens (primary N) is 3. The van der Waals surface area contributed by atoms with Gasteiger partial charge in [0.25, 0.3) is 0 Å². The largest absolute Gasteiger partial charge is 0.512 e. The maximum Gasteiger partial charge on any atom is 0.244 e. The van der Waals surface area contributed by atoms with E-state index in [1.54, 1.807) is 0 Å². The molecule has 0 saturated heterocycles. The molecule has 0 aliphatic carbocycles. The summed E-state index contributed by atoms with van der Waals surface area (Å²) in [6, 6.07) is 0. The summed E-state index contributed by atoms with van der Waals surface area (Å²) in [5.74, 6) is -1.53. The Morgan fingerprint density at radius 3 is 0.903 bits per heavy atom. The van der Waals surface area contributed by atoms with Crippen molar-refractivity contribution in [3.8, 4) is 0 Å². The van der Waals surface area contributed by atoms with Gasteiger partial charge in [-0.25, -0.2) is 0 Å². The summed E-state index contributed by atoms with van der Waals surface area (Å²) >= 11 is 0. The Labute approximate surface area is 195 Å². The van der Waals surface area contributed by atoms with E-state index >= 15 is 0 Å². The third-order valence-corrected chi connectivity index (χ3v) is 3.29. The van der Waals surface area contributed by atoms with E-state index in [2.05, 4.69) is 0 Å². The minimum Gasteiger partial charge on any atom is -0.512 e. The molecule has 9 nitrogen and oxygen atoms in total. The maximum absolute atomic E-state index is 10.2. The van der Waals surface area contributed by atoms with Crippen molar-refractivity contribution in [3.63, 3.8) is 0 Å². The zero-order valence-corrected chi connectivity index (χ0v) is 19.9. The van der Waals surface area contributed by atoms with Gasteiger partial charge in [0.05, 0.1) is 17.3 Å². The number of hydrogen-bond donors (Lipinski definition) is 6. The Kier molecular flexibility index (Phi) is 29.7. The van der Waals surface area contributed by atoms with Crippen molar-refractivity contribution in [2.45, 2.75) is 78.6 Å². The van der Waals surface area contributed by atoms with E-state index in [0.29, 0.717) is 19.3 Å². The Balaban J connectivity index is -0.000000174. The molecule has 10 heteroatoms. The second kappa shape index (κ2) is 25.6. The molecule has 0 radical (unpaired) electrons. The van der Waals surface area contributed by atoms with E-state index in [0.717, 1.165) is 56.8 Å². The number of aliphatic hydroxyl groups is 3. The van der Waals surface area contributed by atoms with Crippen LogP contribution in [0.25, 0.3) is 0 Å². The van der Waals surface area contributed by atoms with Crippen LogP contribution in [0.1, 0.15) is 78.6 Å². The first kappa shape index (κ1) is 36.0. The molecule has 0 bridgehead atoms. The molecule has 0 aromatic rings. The smallest absolute Gasteiger partial charge is 0.244 e. The van der Waals surface area contributed by atoms with Crippen molar-refractivity contribution < 1.29 is 46.8 Å². The van der Waals surface area contributed by atoms with Crippen LogP contribution in [0.5, 0.6) is 0 Å². The summed E-state index contributed by atoms with van der Waals surface area (Å²) in [7, 11) is 0. The van der Waals surface area contributed by atoms with Crippen LogP contribution in [0.2, 0.25) is 0 Å². The second-order valence-corrected chi connectivity index (χ2v) is 6.42. The predicted octanol–water partition coefficient (Wildman–Crippen LogP) is 3.31. The molecule has 31 heavy (non-hydrogen) atoms. The van der Waals surface area contributed by atoms with Crippen molar-refractivity contribution in [1.29, 1.82) is 0 Å². The van der Waals surface area contributed by atoms with Crippen LogP contribution in [0.15, 0.2) is 35.5 Å². The molecule has 0 spiro atoms. The van der Waals surface area contributed by atoms with E-state index in [1.165, 1.54) is 0 Å². The Bertz CT molecular complexity index is 509. The average molecular weight is 485 g/mol. The number of carbonyl (C=O) groups is 3. The van der Waals surface area contributed by atoms with Crippen molar-refractivity contribution in [2.24, 2.45) is 17.2 Å². The van der Waals surface area contributed by atoms with Gasteiger partial charge in [-0.15, -0.1) is 0 Å². The Hall–Kier alpha value is -2.45. The first-order valence-corrected chi connectivity index (χ1v) is 10.1. The van der Waals surface area contributed by atoms with E-state index in [4.69, 9.17) is 32.5 Å². The van der Waals surface area contributed by atoms with Crippen LogP contribution in [-0.2, 0) is 31.5 Å². The van der Waals surface area contributed by atoms with Crippen LogP contribution in [0.4, 0.5) is 0 Å². The maximum atomic E-state index is 10.2. The summed E-state index contributed by atoms with van der Waals surface area (Å²) in [4.78, 5) is 30.5. The average Bonchev–Trinajstić information content (AvgIpc) is 2.62. The predicted molar refractivity (Wildman–Crippen MR) is 118 cm³/mol. The van der Waals surface area contributed by atoms with Crippen LogP contribution in [0, 0.1) is 0 Å². The molecule has 0 heterocycles. The zero-order chi connectivity index (χ0) is 23.9. The van der Waals surface area contributed by atoms with Crippen molar-refractivity contribution >= 4 is 17.7 Å². The normalized spacial score (nSPS) is 11.1. The molecule has 0 fully saturated rings. The number of rotatable bonds is 12. The molecule has 0 aromatic carbocycles. The topological polar surface area (TPSA) is 190 Å². The number of primary amides is 3. The number of allylic oxidation sites excluding steroid dienone is 3. The molecule has 0 saturated carbocycles. The third kappa shape index (κ3) is 38.7. The van der Waals surface area contributed by atoms with Gasteiger partial charge in [-0.3, -0.25) is 14.4 Å². The van der Waals surface area contributed by atoms with Gasteiger partial charge in [-0.1, -0.05) is 40.0 Å². The summed E-state index contributed by atoms with van der Waals surface area (Å²) < 4.78 is 0. The van der Waals surface area contributed by atoms with E-state index in [1.807, 2.05) is 20.8 Å². The molecular weight excluding hydrogens is 446 g/mol. The van der Waals surface area contributed by atoms with Crippen molar-refractivity contribution in [1.82, 2.24) is 0 Å². The minimum absolute atomic E-state index is 0. The van der Waals surface area contributed by atoms with Gasteiger partial charge in [-0.05, 0) is 19.3 Å². The molecule has 0 aliphatic heterocycles. The molecule has 0 rings (SSSR count). The quantitative estimate of drug-likeness (QED) is 0.140. The molecular formula is C21H39FeN3O6. The first-order chi connectivity index (χ1) is 14.0. The van der Waals surface area contributed by atoms with Crippen LogP contribution in [0.3, 0.4) is 0 Å². The van der Waals surface area contributed by atoms with Gasteiger partial charge < -0.3 is 32.5 Å². The van der Waals surface area contributed by atoms with Gasteiger partial charge in [-0.2, -0.15) is 0 Å². The molecule has 0 aromatic heterocycles. The number of carbonyl (C=O) groups excluding carboxylic acids is 3. The molecule has 182 valence electrons. The third-order valence-electron chi connectivity index (χ3n) is 3.29.